The molecule has 0 radical (unpaired) electrons. The largest absolute Gasteiger partial charge is 0.361 e. The fraction of sp³-hybridized carbons (Fsp3) is 0.250. The number of carbonyl (C=O) groups is 2. The van der Waals surface area contributed by atoms with E-state index in [0.717, 1.165) is 22.8 Å². The van der Waals surface area contributed by atoms with Crippen LogP contribution in [0.25, 0.3) is 21.8 Å². The summed E-state index contributed by atoms with van der Waals surface area (Å²) >= 11 is 0. The van der Waals surface area contributed by atoms with E-state index in [0.29, 0.717) is 38.2 Å². The molecule has 2 aromatic heterocycles. The van der Waals surface area contributed by atoms with Crippen molar-refractivity contribution >= 4 is 33.6 Å². The molecule has 3 heterocycles. The van der Waals surface area contributed by atoms with E-state index < -0.39 is 0 Å². The van der Waals surface area contributed by atoms with Gasteiger partial charge in [-0.15, -0.1) is 0 Å². The Morgan fingerprint density at radius 3 is 2.53 bits per heavy atom. The first-order valence-electron chi connectivity index (χ1n) is 10.4. The molecule has 6 nitrogen and oxygen atoms in total. The average molecular weight is 400 g/mol. The van der Waals surface area contributed by atoms with E-state index in [1.54, 1.807) is 0 Å². The third kappa shape index (κ3) is 3.45. The van der Waals surface area contributed by atoms with Gasteiger partial charge in [0.2, 0.25) is 5.91 Å². The fourth-order valence-electron chi connectivity index (χ4n) is 4.26. The average Bonchev–Trinajstić information content (AvgIpc) is 3.43. The first-order chi connectivity index (χ1) is 14.7. The monoisotopic (exact) mass is 400 g/mol. The highest BCUT2D eigenvalue weighted by Gasteiger charge is 2.25. The van der Waals surface area contributed by atoms with Crippen LogP contribution in [0.4, 0.5) is 0 Å². The minimum atomic E-state index is 0.0254. The van der Waals surface area contributed by atoms with E-state index in [9.17, 15) is 9.59 Å². The van der Waals surface area contributed by atoms with Gasteiger partial charge >= 0.3 is 0 Å². The van der Waals surface area contributed by atoms with Crippen LogP contribution in [-0.4, -0.2) is 57.8 Å². The van der Waals surface area contributed by atoms with Crippen LogP contribution in [0, 0.1) is 0 Å². The first kappa shape index (κ1) is 18.5. The van der Waals surface area contributed by atoms with E-state index in [-0.39, 0.29) is 11.8 Å². The lowest BCUT2D eigenvalue weighted by atomic mass is 10.1. The molecule has 4 aromatic rings. The molecule has 0 saturated carbocycles. The van der Waals surface area contributed by atoms with Crippen molar-refractivity contribution in [2.45, 2.75) is 12.8 Å². The van der Waals surface area contributed by atoms with Gasteiger partial charge in [-0.3, -0.25) is 9.59 Å². The standard InChI is InChI=1S/C24H24N4O2/c29-23(8-7-19-16-26-21-4-2-1-3-20(19)21)27-11-13-28(14-12-27)24(30)18-6-5-17-9-10-25-22(17)15-18/h1-6,9-10,15-16,25-26H,7-8,11-14H2. The number of carbonyl (C=O) groups excluding carboxylic acids is 2. The number of fused-ring (bicyclic) bond motifs is 2. The maximum atomic E-state index is 12.9. The molecule has 1 saturated heterocycles. The number of nitrogens with one attached hydrogen (secondary N) is 2. The van der Waals surface area contributed by atoms with Crippen molar-refractivity contribution in [2.24, 2.45) is 0 Å². The van der Waals surface area contributed by atoms with E-state index in [1.165, 1.54) is 10.9 Å². The molecule has 1 aliphatic heterocycles. The van der Waals surface area contributed by atoms with Crippen molar-refractivity contribution in [1.29, 1.82) is 0 Å². The molecule has 1 fully saturated rings. The topological polar surface area (TPSA) is 72.2 Å². The van der Waals surface area contributed by atoms with E-state index in [4.69, 9.17) is 0 Å². The van der Waals surface area contributed by atoms with Gasteiger partial charge in [-0.25, -0.2) is 0 Å². The summed E-state index contributed by atoms with van der Waals surface area (Å²) in [5.41, 5.74) is 3.92. The Kier molecular flexibility index (Phi) is 4.75. The highest BCUT2D eigenvalue weighted by atomic mass is 16.2. The number of aromatic amines is 2. The van der Waals surface area contributed by atoms with Crippen molar-refractivity contribution in [3.8, 4) is 0 Å². The molecule has 0 atom stereocenters. The van der Waals surface area contributed by atoms with Crippen LogP contribution in [0.3, 0.4) is 0 Å². The van der Waals surface area contributed by atoms with Crippen molar-refractivity contribution in [3.63, 3.8) is 0 Å². The van der Waals surface area contributed by atoms with Gasteiger partial charge < -0.3 is 19.8 Å². The predicted octanol–water partition coefficient (Wildman–Crippen LogP) is 3.57. The van der Waals surface area contributed by atoms with Crippen molar-refractivity contribution in [2.75, 3.05) is 26.2 Å². The normalized spacial score (nSPS) is 14.5. The SMILES string of the molecule is O=C(CCc1c[nH]c2ccccc12)N1CCN(C(=O)c2ccc3cc[nH]c3c2)CC1. The van der Waals surface area contributed by atoms with Gasteiger partial charge in [0, 0.05) is 67.0 Å². The lowest BCUT2D eigenvalue weighted by Crippen LogP contribution is -2.50. The molecule has 2 amide bonds. The molecule has 0 aliphatic carbocycles. The zero-order chi connectivity index (χ0) is 20.5. The van der Waals surface area contributed by atoms with Gasteiger partial charge in [-0.1, -0.05) is 24.3 Å². The number of hydrogen-bond acceptors (Lipinski definition) is 2. The summed E-state index contributed by atoms with van der Waals surface area (Å²) in [7, 11) is 0. The van der Waals surface area contributed by atoms with Crippen LogP contribution in [0.1, 0.15) is 22.3 Å². The summed E-state index contributed by atoms with van der Waals surface area (Å²) in [4.78, 5) is 35.7. The molecule has 152 valence electrons. The number of rotatable bonds is 4. The van der Waals surface area contributed by atoms with Crippen LogP contribution in [0.15, 0.2) is 60.9 Å². The highest BCUT2D eigenvalue weighted by molar-refractivity contribution is 5.98. The second-order valence-electron chi connectivity index (χ2n) is 7.81. The third-order valence-electron chi connectivity index (χ3n) is 6.00. The van der Waals surface area contributed by atoms with Crippen LogP contribution in [-0.2, 0) is 11.2 Å². The maximum Gasteiger partial charge on any atom is 0.254 e. The highest BCUT2D eigenvalue weighted by Crippen LogP contribution is 2.20. The number of para-hydroxylation sites is 1. The van der Waals surface area contributed by atoms with Crippen molar-refractivity contribution in [1.82, 2.24) is 19.8 Å². The lowest BCUT2D eigenvalue weighted by molar-refractivity contribution is -0.132. The Morgan fingerprint density at radius 2 is 1.67 bits per heavy atom. The van der Waals surface area contributed by atoms with E-state index in [1.807, 2.05) is 64.7 Å². The van der Waals surface area contributed by atoms with Gasteiger partial charge in [0.15, 0.2) is 0 Å². The van der Waals surface area contributed by atoms with Crippen LogP contribution in [0.5, 0.6) is 0 Å². The van der Waals surface area contributed by atoms with Gasteiger partial charge in [-0.2, -0.15) is 0 Å². The van der Waals surface area contributed by atoms with Crippen LogP contribution in [0.2, 0.25) is 0 Å². The number of aromatic nitrogens is 2. The molecule has 30 heavy (non-hydrogen) atoms. The number of amides is 2. The van der Waals surface area contributed by atoms with Crippen molar-refractivity contribution < 1.29 is 9.59 Å². The second kappa shape index (κ2) is 7.71. The number of aryl methyl sites for hydroxylation is 1. The molecule has 1 aliphatic rings. The summed E-state index contributed by atoms with van der Waals surface area (Å²) in [5.74, 6) is 0.178. The summed E-state index contributed by atoms with van der Waals surface area (Å²) in [6.07, 6.45) is 5.08. The molecule has 2 N–H and O–H groups in total. The third-order valence-corrected chi connectivity index (χ3v) is 6.00. The Hall–Kier alpha value is -3.54. The molecule has 5 rings (SSSR count). The van der Waals surface area contributed by atoms with Gasteiger partial charge in [0.1, 0.15) is 0 Å². The summed E-state index contributed by atoms with van der Waals surface area (Å²) in [5, 5.41) is 2.27. The summed E-state index contributed by atoms with van der Waals surface area (Å²) < 4.78 is 0. The smallest absolute Gasteiger partial charge is 0.254 e. The Morgan fingerprint density at radius 1 is 0.867 bits per heavy atom. The van der Waals surface area contributed by atoms with Gasteiger partial charge in [0.05, 0.1) is 0 Å². The maximum absolute atomic E-state index is 12.9. The fourth-order valence-corrected chi connectivity index (χ4v) is 4.26. The van der Waals surface area contributed by atoms with Crippen LogP contribution < -0.4 is 0 Å². The van der Waals surface area contributed by atoms with Gasteiger partial charge in [0.25, 0.3) is 5.91 Å². The number of nitrogens with zero attached hydrogens (tertiary/aromatic N) is 2. The molecule has 6 heteroatoms. The van der Waals surface area contributed by atoms with Crippen molar-refractivity contribution in [3.05, 3.63) is 72.1 Å². The zero-order valence-corrected chi connectivity index (χ0v) is 16.7. The molecular formula is C24H24N4O2. The minimum absolute atomic E-state index is 0.0254. The summed E-state index contributed by atoms with van der Waals surface area (Å²) in [6.45, 7) is 2.31. The predicted molar refractivity (Wildman–Crippen MR) is 117 cm³/mol. The summed E-state index contributed by atoms with van der Waals surface area (Å²) in [6, 6.07) is 15.9. The molecule has 2 aromatic carbocycles. The number of piperazine rings is 1. The Balaban J connectivity index is 1.17. The molecule has 0 spiro atoms. The Bertz CT molecular complexity index is 1210. The zero-order valence-electron chi connectivity index (χ0n) is 16.7. The van der Waals surface area contributed by atoms with E-state index in [2.05, 4.69) is 16.0 Å². The van der Waals surface area contributed by atoms with Crippen LogP contribution >= 0.6 is 0 Å². The molecular weight excluding hydrogens is 376 g/mol. The number of benzene rings is 2. The molecule has 0 unspecified atom stereocenters. The minimum Gasteiger partial charge on any atom is -0.361 e. The first-order valence-corrected chi connectivity index (χ1v) is 10.4. The van der Waals surface area contributed by atoms with E-state index >= 15 is 0 Å². The quantitative estimate of drug-likeness (QED) is 0.550. The number of hydrogen-bond donors (Lipinski definition) is 2. The Labute approximate surface area is 174 Å². The number of H-pyrrole nitrogens is 2. The van der Waals surface area contributed by atoms with Gasteiger partial charge in [-0.05, 0) is 41.6 Å². The lowest BCUT2D eigenvalue weighted by Gasteiger charge is -2.35. The molecule has 0 bridgehead atoms. The second-order valence-corrected chi connectivity index (χ2v) is 7.81.